The van der Waals surface area contributed by atoms with Crippen molar-refractivity contribution in [3.05, 3.63) is 59.1 Å². The molecule has 2 fully saturated rings. The molecule has 1 unspecified atom stereocenters. The number of ether oxygens (including phenoxy) is 1. The Morgan fingerprint density at radius 2 is 1.86 bits per heavy atom. The van der Waals surface area contributed by atoms with Gasteiger partial charge >= 0.3 is 0 Å². The average Bonchev–Trinajstić information content (AvgIpc) is 3.41. The fourth-order valence-electron chi connectivity index (χ4n) is 5.52. The van der Waals surface area contributed by atoms with E-state index >= 15 is 0 Å². The van der Waals surface area contributed by atoms with Crippen LogP contribution in [0.15, 0.2) is 24.8 Å². The first-order valence-electron chi connectivity index (χ1n) is 12.8. The summed E-state index contributed by atoms with van der Waals surface area (Å²) < 4.78 is 10.5. The Hall–Kier alpha value is -3.20. The molecule has 9 heteroatoms. The van der Waals surface area contributed by atoms with Crippen LogP contribution in [-0.4, -0.2) is 45.9 Å². The summed E-state index contributed by atoms with van der Waals surface area (Å²) in [5, 5.41) is 4.58. The van der Waals surface area contributed by atoms with Crippen molar-refractivity contribution in [1.29, 1.82) is 0 Å². The molecule has 6 heterocycles. The second-order valence-corrected chi connectivity index (χ2v) is 10.3. The molecule has 4 aromatic rings. The summed E-state index contributed by atoms with van der Waals surface area (Å²) >= 11 is 0. The molecule has 1 saturated carbocycles. The summed E-state index contributed by atoms with van der Waals surface area (Å²) in [5.41, 5.74) is 5.60. The first-order chi connectivity index (χ1) is 17.1. The van der Waals surface area contributed by atoms with Crippen LogP contribution in [0.3, 0.4) is 0 Å². The molecule has 0 N–H and O–H groups in total. The number of imidazole rings is 1. The zero-order chi connectivity index (χ0) is 23.5. The van der Waals surface area contributed by atoms with Gasteiger partial charge in [-0.3, -0.25) is 4.68 Å². The predicted molar refractivity (Wildman–Crippen MR) is 129 cm³/mol. The molecule has 0 spiro atoms. The molecule has 0 amide bonds. The van der Waals surface area contributed by atoms with Crippen LogP contribution in [0, 0.1) is 13.8 Å². The molecule has 180 valence electrons. The Kier molecular flexibility index (Phi) is 4.94. The lowest BCUT2D eigenvalue weighted by Crippen LogP contribution is -2.23. The topological polar surface area (TPSA) is 96.4 Å². The van der Waals surface area contributed by atoms with Crippen LogP contribution in [0.25, 0.3) is 11.2 Å². The molecular formula is C26H30N8O. The van der Waals surface area contributed by atoms with Gasteiger partial charge in [0.1, 0.15) is 17.2 Å². The number of hydrogen-bond donors (Lipinski definition) is 0. The number of hydrogen-bond acceptors (Lipinski definition) is 7. The van der Waals surface area contributed by atoms with E-state index < -0.39 is 0 Å². The van der Waals surface area contributed by atoms with Crippen LogP contribution in [-0.2, 0) is 17.7 Å². The van der Waals surface area contributed by atoms with E-state index in [1.165, 1.54) is 12.8 Å². The van der Waals surface area contributed by atoms with Crippen LogP contribution in [0.4, 0.5) is 0 Å². The Morgan fingerprint density at radius 1 is 0.971 bits per heavy atom. The molecule has 2 aliphatic heterocycles. The molecule has 35 heavy (non-hydrogen) atoms. The van der Waals surface area contributed by atoms with Gasteiger partial charge in [-0.2, -0.15) is 5.10 Å². The van der Waals surface area contributed by atoms with Gasteiger partial charge in [0.15, 0.2) is 5.65 Å². The minimum absolute atomic E-state index is 0.0250. The highest BCUT2D eigenvalue weighted by atomic mass is 16.5. The van der Waals surface area contributed by atoms with Crippen molar-refractivity contribution in [2.45, 2.75) is 82.9 Å². The van der Waals surface area contributed by atoms with Gasteiger partial charge in [-0.15, -0.1) is 0 Å². The van der Waals surface area contributed by atoms with Crippen LogP contribution in [0.2, 0.25) is 0 Å². The SMILES string of the molecule is Cc1nc2nc([C@H]3CCO[C@@H](c4cnn(C5CC5)c4)C3)nc(C3CCn4ccnc4C3)c2nc1C. The number of fused-ring (bicyclic) bond motifs is 2. The molecular weight excluding hydrogens is 440 g/mol. The number of nitrogens with zero attached hydrogens (tertiary/aromatic N) is 8. The molecule has 0 aromatic carbocycles. The van der Waals surface area contributed by atoms with E-state index in [0.717, 1.165) is 72.0 Å². The van der Waals surface area contributed by atoms with Gasteiger partial charge in [0.2, 0.25) is 0 Å². The molecule has 3 aliphatic rings. The zero-order valence-corrected chi connectivity index (χ0v) is 20.3. The van der Waals surface area contributed by atoms with Crippen molar-refractivity contribution >= 4 is 11.2 Å². The number of rotatable bonds is 4. The van der Waals surface area contributed by atoms with E-state index in [-0.39, 0.29) is 17.9 Å². The Bertz CT molecular complexity index is 1400. The monoisotopic (exact) mass is 470 g/mol. The summed E-state index contributed by atoms with van der Waals surface area (Å²) in [6.07, 6.45) is 14.2. The third-order valence-corrected chi connectivity index (χ3v) is 7.89. The summed E-state index contributed by atoms with van der Waals surface area (Å²) in [5.74, 6) is 2.47. The van der Waals surface area contributed by atoms with Crippen molar-refractivity contribution in [2.75, 3.05) is 6.61 Å². The third kappa shape index (κ3) is 3.82. The molecule has 7 rings (SSSR count). The van der Waals surface area contributed by atoms with E-state index in [4.69, 9.17) is 24.7 Å². The average molecular weight is 471 g/mol. The maximum atomic E-state index is 6.18. The molecule has 9 nitrogen and oxygen atoms in total. The van der Waals surface area contributed by atoms with E-state index in [1.807, 2.05) is 26.2 Å². The lowest BCUT2D eigenvalue weighted by molar-refractivity contribution is 0.00391. The Labute approximate surface area is 204 Å². The fourth-order valence-corrected chi connectivity index (χ4v) is 5.52. The second kappa shape index (κ2) is 8.19. The van der Waals surface area contributed by atoms with E-state index in [9.17, 15) is 0 Å². The van der Waals surface area contributed by atoms with Gasteiger partial charge in [0.25, 0.3) is 0 Å². The van der Waals surface area contributed by atoms with Crippen molar-refractivity contribution in [2.24, 2.45) is 0 Å². The van der Waals surface area contributed by atoms with Gasteiger partial charge in [-0.05, 0) is 46.0 Å². The van der Waals surface area contributed by atoms with Gasteiger partial charge in [-0.1, -0.05) is 0 Å². The summed E-state index contributed by atoms with van der Waals surface area (Å²) in [6, 6.07) is 0.575. The number of aromatic nitrogens is 8. The Morgan fingerprint density at radius 3 is 2.74 bits per heavy atom. The van der Waals surface area contributed by atoms with Gasteiger partial charge in [0.05, 0.1) is 35.4 Å². The summed E-state index contributed by atoms with van der Waals surface area (Å²) in [7, 11) is 0. The highest BCUT2D eigenvalue weighted by Crippen LogP contribution is 2.40. The maximum absolute atomic E-state index is 6.18. The maximum Gasteiger partial charge on any atom is 0.182 e. The highest BCUT2D eigenvalue weighted by molar-refractivity contribution is 5.73. The van der Waals surface area contributed by atoms with Gasteiger partial charge < -0.3 is 9.30 Å². The van der Waals surface area contributed by atoms with E-state index in [2.05, 4.69) is 31.7 Å². The summed E-state index contributed by atoms with van der Waals surface area (Å²) in [6.45, 7) is 5.66. The minimum Gasteiger partial charge on any atom is -0.373 e. The lowest BCUT2D eigenvalue weighted by atomic mass is 9.90. The molecule has 0 bridgehead atoms. The van der Waals surface area contributed by atoms with Crippen molar-refractivity contribution in [3.63, 3.8) is 0 Å². The van der Waals surface area contributed by atoms with Crippen LogP contribution in [0.1, 0.15) is 90.4 Å². The van der Waals surface area contributed by atoms with Crippen LogP contribution in [0.5, 0.6) is 0 Å². The zero-order valence-electron chi connectivity index (χ0n) is 20.3. The first-order valence-corrected chi connectivity index (χ1v) is 12.8. The first kappa shape index (κ1) is 21.1. The smallest absolute Gasteiger partial charge is 0.182 e. The molecule has 0 radical (unpaired) electrons. The van der Waals surface area contributed by atoms with Crippen LogP contribution < -0.4 is 0 Å². The largest absolute Gasteiger partial charge is 0.373 e. The molecule has 3 atom stereocenters. The van der Waals surface area contributed by atoms with Crippen molar-refractivity contribution in [1.82, 2.24) is 39.3 Å². The second-order valence-electron chi connectivity index (χ2n) is 10.3. The predicted octanol–water partition coefficient (Wildman–Crippen LogP) is 4.13. The molecule has 1 saturated heterocycles. The molecule has 4 aromatic heterocycles. The fraction of sp³-hybridized carbons (Fsp3) is 0.538. The normalized spacial score (nSPS) is 24.6. The Balaban J connectivity index is 1.25. The quantitative estimate of drug-likeness (QED) is 0.442. The minimum atomic E-state index is 0.0250. The lowest BCUT2D eigenvalue weighted by Gasteiger charge is -2.29. The van der Waals surface area contributed by atoms with Crippen molar-refractivity contribution < 1.29 is 4.74 Å². The highest BCUT2D eigenvalue weighted by Gasteiger charge is 2.32. The van der Waals surface area contributed by atoms with Crippen LogP contribution >= 0.6 is 0 Å². The van der Waals surface area contributed by atoms with E-state index in [1.54, 1.807) is 0 Å². The summed E-state index contributed by atoms with van der Waals surface area (Å²) in [4.78, 5) is 24.5. The molecule has 1 aliphatic carbocycles. The standard InChI is InChI=1S/C26H30N8O/c1-15-16(2)30-26-24(29-15)23(17-5-8-33-9-7-27-22(33)12-17)31-25(32-26)18-6-10-35-21(11-18)19-13-28-34(14-19)20-3-4-20/h7,9,13-14,17-18,20-21H,3-6,8,10-12H2,1-2H3/t17?,18-,21+/m0/s1. The third-order valence-electron chi connectivity index (χ3n) is 7.89. The van der Waals surface area contributed by atoms with Gasteiger partial charge in [-0.25, -0.2) is 24.9 Å². The van der Waals surface area contributed by atoms with E-state index in [0.29, 0.717) is 18.3 Å². The van der Waals surface area contributed by atoms with Crippen molar-refractivity contribution in [3.8, 4) is 0 Å². The number of aryl methyl sites for hydroxylation is 3. The van der Waals surface area contributed by atoms with Gasteiger partial charge in [0, 0.05) is 55.6 Å².